The molecule has 0 fully saturated rings. The fourth-order valence-electron chi connectivity index (χ4n) is 1.56. The quantitative estimate of drug-likeness (QED) is 0.445. The molecule has 0 aliphatic carbocycles. The molecule has 0 radical (unpaired) electrons. The van der Waals surface area contributed by atoms with Gasteiger partial charge in [0.1, 0.15) is 17.6 Å². The Kier molecular flexibility index (Phi) is 4.58. The summed E-state index contributed by atoms with van der Waals surface area (Å²) >= 11 is 7.89. The number of pyridine rings is 1. The van der Waals surface area contributed by atoms with Gasteiger partial charge in [0.25, 0.3) is 0 Å². The zero-order valence-corrected chi connectivity index (χ0v) is 13.1. The van der Waals surface area contributed by atoms with Gasteiger partial charge >= 0.3 is 11.7 Å². The van der Waals surface area contributed by atoms with E-state index in [2.05, 4.69) is 32.9 Å². The Bertz CT molecular complexity index is 738. The smallest absolute Gasteiger partial charge is 0.342 e. The van der Waals surface area contributed by atoms with Gasteiger partial charge in [0.2, 0.25) is 0 Å². The summed E-state index contributed by atoms with van der Waals surface area (Å²) in [6.45, 7) is 0. The molecule has 21 heavy (non-hydrogen) atoms. The molecule has 2 N–H and O–H groups in total. The van der Waals surface area contributed by atoms with Gasteiger partial charge in [0.15, 0.2) is 0 Å². The summed E-state index contributed by atoms with van der Waals surface area (Å²) in [6, 6.07) is 6.20. The Hall–Kier alpha value is -1.94. The summed E-state index contributed by atoms with van der Waals surface area (Å²) in [6.07, 6.45) is 0.911. The third-order valence-corrected chi connectivity index (χ3v) is 3.63. The van der Waals surface area contributed by atoms with Crippen molar-refractivity contribution in [3.63, 3.8) is 0 Å². The Labute approximate surface area is 137 Å². The van der Waals surface area contributed by atoms with Crippen molar-refractivity contribution in [3.05, 3.63) is 54.7 Å². The number of benzene rings is 1. The summed E-state index contributed by atoms with van der Waals surface area (Å²) in [7, 11) is 0. The van der Waals surface area contributed by atoms with Crippen LogP contribution < -0.4 is 5.32 Å². The number of nitro groups is 1. The minimum absolute atomic E-state index is 0.193. The summed E-state index contributed by atoms with van der Waals surface area (Å²) in [5.74, 6) is -1.20. The molecule has 1 aromatic heterocycles. The van der Waals surface area contributed by atoms with E-state index < -0.39 is 22.1 Å². The van der Waals surface area contributed by atoms with Crippen LogP contribution >= 0.6 is 34.2 Å². The van der Waals surface area contributed by atoms with Crippen molar-refractivity contribution in [1.82, 2.24) is 4.98 Å². The van der Waals surface area contributed by atoms with Gasteiger partial charge in [-0.25, -0.2) is 9.78 Å². The van der Waals surface area contributed by atoms with Crippen LogP contribution in [-0.4, -0.2) is 21.0 Å². The van der Waals surface area contributed by atoms with E-state index in [4.69, 9.17) is 16.7 Å². The predicted molar refractivity (Wildman–Crippen MR) is 85.3 cm³/mol. The van der Waals surface area contributed by atoms with E-state index in [0.717, 1.165) is 15.8 Å². The zero-order valence-electron chi connectivity index (χ0n) is 10.2. The first kappa shape index (κ1) is 15.4. The lowest BCUT2D eigenvalue weighted by molar-refractivity contribution is -0.385. The van der Waals surface area contributed by atoms with Crippen LogP contribution in [0.5, 0.6) is 0 Å². The van der Waals surface area contributed by atoms with Crippen molar-refractivity contribution < 1.29 is 14.8 Å². The fourth-order valence-corrected chi connectivity index (χ4v) is 2.57. The SMILES string of the molecule is O=C(O)c1cc(Nc2ccc(Cl)cc2I)ncc1[N+](=O)[O-]. The van der Waals surface area contributed by atoms with Crippen molar-refractivity contribution in [2.24, 2.45) is 0 Å². The number of hydrogen-bond donors (Lipinski definition) is 2. The molecule has 2 aromatic rings. The third-order valence-electron chi connectivity index (χ3n) is 2.50. The molecule has 0 amide bonds. The van der Waals surface area contributed by atoms with E-state index >= 15 is 0 Å². The summed E-state index contributed by atoms with van der Waals surface area (Å²) in [5, 5.41) is 23.2. The molecule has 0 aliphatic rings. The second kappa shape index (κ2) is 6.22. The minimum atomic E-state index is -1.39. The molecule has 0 atom stereocenters. The van der Waals surface area contributed by atoms with Crippen LogP contribution in [-0.2, 0) is 0 Å². The number of nitrogens with zero attached hydrogens (tertiary/aromatic N) is 2. The lowest BCUT2D eigenvalue weighted by atomic mass is 10.2. The first-order valence-electron chi connectivity index (χ1n) is 5.48. The topological polar surface area (TPSA) is 105 Å². The molecule has 1 heterocycles. The molecular weight excluding hydrogens is 413 g/mol. The van der Waals surface area contributed by atoms with E-state index in [9.17, 15) is 14.9 Å². The number of carbonyl (C=O) groups is 1. The highest BCUT2D eigenvalue weighted by molar-refractivity contribution is 14.1. The van der Waals surface area contributed by atoms with Crippen LogP contribution in [0.3, 0.4) is 0 Å². The van der Waals surface area contributed by atoms with E-state index in [1.54, 1.807) is 18.2 Å². The van der Waals surface area contributed by atoms with E-state index in [-0.39, 0.29) is 5.82 Å². The first-order chi connectivity index (χ1) is 9.88. The monoisotopic (exact) mass is 419 g/mol. The molecule has 0 spiro atoms. The van der Waals surface area contributed by atoms with Gasteiger partial charge in [-0.05, 0) is 40.8 Å². The highest BCUT2D eigenvalue weighted by Gasteiger charge is 2.21. The largest absolute Gasteiger partial charge is 0.477 e. The summed E-state index contributed by atoms with van der Waals surface area (Å²) < 4.78 is 0.803. The maximum absolute atomic E-state index is 11.1. The molecule has 9 heteroatoms. The number of nitrogens with one attached hydrogen (secondary N) is 1. The van der Waals surface area contributed by atoms with Gasteiger partial charge in [0, 0.05) is 14.7 Å². The van der Waals surface area contributed by atoms with Crippen LogP contribution in [0.15, 0.2) is 30.5 Å². The fraction of sp³-hybridized carbons (Fsp3) is 0. The second-order valence-electron chi connectivity index (χ2n) is 3.90. The van der Waals surface area contributed by atoms with Gasteiger partial charge in [-0.3, -0.25) is 10.1 Å². The van der Waals surface area contributed by atoms with Crippen molar-refractivity contribution in [3.8, 4) is 0 Å². The van der Waals surface area contributed by atoms with Gasteiger partial charge < -0.3 is 10.4 Å². The number of carboxylic acid groups (broad SMARTS) is 1. The van der Waals surface area contributed by atoms with Gasteiger partial charge in [-0.1, -0.05) is 11.6 Å². The average Bonchev–Trinajstić information content (AvgIpc) is 2.41. The van der Waals surface area contributed by atoms with Gasteiger partial charge in [-0.2, -0.15) is 0 Å². The summed E-state index contributed by atoms with van der Waals surface area (Å²) in [5.41, 5.74) is -0.321. The molecule has 108 valence electrons. The zero-order chi connectivity index (χ0) is 15.6. The Morgan fingerprint density at radius 2 is 2.14 bits per heavy atom. The molecule has 0 bridgehead atoms. The number of carboxylic acids is 1. The number of anilines is 2. The van der Waals surface area contributed by atoms with Crippen LogP contribution in [0.1, 0.15) is 10.4 Å². The maximum Gasteiger partial charge on any atom is 0.342 e. The molecule has 0 saturated carbocycles. The van der Waals surface area contributed by atoms with E-state index in [0.29, 0.717) is 10.7 Å². The molecule has 0 aliphatic heterocycles. The first-order valence-corrected chi connectivity index (χ1v) is 6.94. The Balaban J connectivity index is 2.39. The third kappa shape index (κ3) is 3.58. The number of aromatic carboxylic acids is 1. The molecule has 2 rings (SSSR count). The number of aromatic nitrogens is 1. The summed E-state index contributed by atoms with van der Waals surface area (Å²) in [4.78, 5) is 24.9. The Morgan fingerprint density at radius 1 is 1.43 bits per heavy atom. The van der Waals surface area contributed by atoms with E-state index in [1.165, 1.54) is 0 Å². The second-order valence-corrected chi connectivity index (χ2v) is 5.50. The Morgan fingerprint density at radius 3 is 2.71 bits per heavy atom. The maximum atomic E-state index is 11.1. The highest BCUT2D eigenvalue weighted by Crippen LogP contribution is 2.27. The van der Waals surface area contributed by atoms with Crippen molar-refractivity contribution in [2.75, 3.05) is 5.32 Å². The molecule has 0 saturated heterocycles. The van der Waals surface area contributed by atoms with Crippen LogP contribution in [0.4, 0.5) is 17.2 Å². The minimum Gasteiger partial charge on any atom is -0.477 e. The van der Waals surface area contributed by atoms with Crippen molar-refractivity contribution in [2.45, 2.75) is 0 Å². The number of rotatable bonds is 4. The molecule has 7 nitrogen and oxygen atoms in total. The average molecular weight is 420 g/mol. The van der Waals surface area contributed by atoms with Gasteiger partial charge in [-0.15, -0.1) is 0 Å². The van der Waals surface area contributed by atoms with Crippen LogP contribution in [0.2, 0.25) is 5.02 Å². The normalized spacial score (nSPS) is 10.2. The lowest BCUT2D eigenvalue weighted by Crippen LogP contribution is -2.05. The van der Waals surface area contributed by atoms with Crippen molar-refractivity contribution in [1.29, 1.82) is 0 Å². The molecule has 1 aromatic carbocycles. The van der Waals surface area contributed by atoms with Crippen LogP contribution in [0, 0.1) is 13.7 Å². The highest BCUT2D eigenvalue weighted by atomic mass is 127. The van der Waals surface area contributed by atoms with Gasteiger partial charge in [0.05, 0.1) is 10.6 Å². The van der Waals surface area contributed by atoms with Crippen molar-refractivity contribution >= 4 is 57.4 Å². The molecular formula is C12H7ClIN3O4. The standard InChI is InChI=1S/C12H7ClIN3O4/c13-6-1-2-9(8(14)3-6)16-11-4-7(12(18)19)10(5-15-11)17(20)21/h1-5H,(H,15,16)(H,18,19). The van der Waals surface area contributed by atoms with E-state index in [1.807, 2.05) is 0 Å². The number of halogens is 2. The van der Waals surface area contributed by atoms with Crippen LogP contribution in [0.25, 0.3) is 0 Å². The predicted octanol–water partition coefficient (Wildman–Crippen LogP) is 3.69. The lowest BCUT2D eigenvalue weighted by Gasteiger charge is -2.08. The molecule has 0 unspecified atom stereocenters. The number of hydrogen-bond acceptors (Lipinski definition) is 5.